The van der Waals surface area contributed by atoms with Gasteiger partial charge >= 0.3 is 5.97 Å². The van der Waals surface area contributed by atoms with Gasteiger partial charge in [-0.05, 0) is 16.7 Å². The zero-order chi connectivity index (χ0) is 20.3. The highest BCUT2D eigenvalue weighted by atomic mass is 16.4. The fraction of sp³-hybridized carbons (Fsp3) is 0.0400. The van der Waals surface area contributed by atoms with E-state index >= 15 is 0 Å². The summed E-state index contributed by atoms with van der Waals surface area (Å²) in [5.74, 6) is -1.07. The van der Waals surface area contributed by atoms with E-state index in [-0.39, 0.29) is 5.57 Å². The molecule has 4 rings (SSSR count). The lowest BCUT2D eigenvalue weighted by atomic mass is 9.76. The predicted octanol–water partition coefficient (Wildman–Crippen LogP) is 4.82. The van der Waals surface area contributed by atoms with E-state index in [1.54, 1.807) is 12.5 Å². The number of benzene rings is 3. The van der Waals surface area contributed by atoms with Gasteiger partial charge in [0, 0.05) is 0 Å². The number of rotatable bonds is 6. The molecule has 1 heterocycles. The van der Waals surface area contributed by atoms with Gasteiger partial charge in [-0.1, -0.05) is 97.6 Å². The summed E-state index contributed by atoms with van der Waals surface area (Å²) in [5, 5.41) is 9.62. The minimum absolute atomic E-state index is 0.00494. The van der Waals surface area contributed by atoms with Gasteiger partial charge in [-0.2, -0.15) is 0 Å². The molecule has 4 nitrogen and oxygen atoms in total. The van der Waals surface area contributed by atoms with Crippen LogP contribution in [0.25, 0.3) is 5.57 Å². The minimum atomic E-state index is -1.07. The Morgan fingerprint density at radius 3 is 1.59 bits per heavy atom. The molecule has 0 spiro atoms. The molecule has 0 atom stereocenters. The molecule has 142 valence electrons. The maximum atomic E-state index is 11.7. The standard InChI is InChI=1S/C25H20N2O2/c1-19(24(28)29)23-17-26-18-27(23)25(20-11-5-2-6-12-20,21-13-7-3-8-14-21)22-15-9-4-10-16-22/h2-18H,1H2,(H,28,29). The van der Waals surface area contributed by atoms with E-state index in [0.717, 1.165) is 16.7 Å². The third kappa shape index (κ3) is 3.05. The fourth-order valence-corrected chi connectivity index (χ4v) is 3.85. The zero-order valence-corrected chi connectivity index (χ0v) is 15.8. The van der Waals surface area contributed by atoms with E-state index in [9.17, 15) is 9.90 Å². The van der Waals surface area contributed by atoms with Gasteiger partial charge in [0.2, 0.25) is 0 Å². The summed E-state index contributed by atoms with van der Waals surface area (Å²) in [7, 11) is 0. The van der Waals surface area contributed by atoms with E-state index < -0.39 is 11.5 Å². The van der Waals surface area contributed by atoms with Gasteiger partial charge in [-0.15, -0.1) is 0 Å². The Balaban J connectivity index is 2.15. The van der Waals surface area contributed by atoms with Crippen LogP contribution in [-0.4, -0.2) is 20.6 Å². The molecule has 1 aromatic heterocycles. The molecular weight excluding hydrogens is 360 g/mol. The van der Waals surface area contributed by atoms with E-state index in [4.69, 9.17) is 0 Å². The Hall–Kier alpha value is -3.92. The van der Waals surface area contributed by atoms with Gasteiger partial charge in [0.25, 0.3) is 0 Å². The first kappa shape index (κ1) is 18.4. The van der Waals surface area contributed by atoms with Crippen LogP contribution in [0.1, 0.15) is 22.4 Å². The van der Waals surface area contributed by atoms with Crippen LogP contribution in [0.3, 0.4) is 0 Å². The van der Waals surface area contributed by atoms with Crippen LogP contribution in [0.15, 0.2) is 110 Å². The van der Waals surface area contributed by atoms with Gasteiger partial charge in [0.1, 0.15) is 5.54 Å². The van der Waals surface area contributed by atoms with Crippen molar-refractivity contribution in [2.75, 3.05) is 0 Å². The Morgan fingerprint density at radius 1 is 0.793 bits per heavy atom. The molecule has 0 saturated heterocycles. The quantitative estimate of drug-likeness (QED) is 0.385. The molecule has 3 aromatic carbocycles. The number of nitrogens with zero attached hydrogens (tertiary/aromatic N) is 2. The molecule has 0 bridgehead atoms. The van der Waals surface area contributed by atoms with Crippen molar-refractivity contribution in [3.63, 3.8) is 0 Å². The average molecular weight is 380 g/mol. The molecule has 0 unspecified atom stereocenters. The fourth-order valence-electron chi connectivity index (χ4n) is 3.85. The van der Waals surface area contributed by atoms with E-state index in [2.05, 4.69) is 11.6 Å². The van der Waals surface area contributed by atoms with Crippen molar-refractivity contribution in [2.24, 2.45) is 0 Å². The van der Waals surface area contributed by atoms with Crippen LogP contribution in [-0.2, 0) is 10.3 Å². The lowest BCUT2D eigenvalue weighted by Crippen LogP contribution is -2.38. The second-order valence-corrected chi connectivity index (χ2v) is 6.74. The number of aliphatic carboxylic acids is 1. The molecule has 1 N–H and O–H groups in total. The monoisotopic (exact) mass is 380 g/mol. The van der Waals surface area contributed by atoms with Crippen LogP contribution in [0.5, 0.6) is 0 Å². The van der Waals surface area contributed by atoms with Gasteiger partial charge < -0.3 is 9.67 Å². The summed E-state index contributed by atoms with van der Waals surface area (Å²) in [6.07, 6.45) is 3.23. The number of hydrogen-bond acceptors (Lipinski definition) is 2. The number of hydrogen-bond donors (Lipinski definition) is 1. The largest absolute Gasteiger partial charge is 0.478 e. The van der Waals surface area contributed by atoms with E-state index in [1.807, 2.05) is 95.6 Å². The summed E-state index contributed by atoms with van der Waals surface area (Å²) < 4.78 is 1.91. The van der Waals surface area contributed by atoms with E-state index in [1.165, 1.54) is 0 Å². The SMILES string of the molecule is C=C(C(=O)O)c1cncn1C(c1ccccc1)(c1ccccc1)c1ccccc1. The molecule has 29 heavy (non-hydrogen) atoms. The first-order valence-electron chi connectivity index (χ1n) is 9.27. The molecule has 4 aromatic rings. The molecule has 0 aliphatic carbocycles. The second kappa shape index (κ2) is 7.60. The smallest absolute Gasteiger partial charge is 0.337 e. The van der Waals surface area contributed by atoms with Gasteiger partial charge in [-0.3, -0.25) is 0 Å². The van der Waals surface area contributed by atoms with Gasteiger partial charge in [0.05, 0.1) is 23.8 Å². The maximum absolute atomic E-state index is 11.7. The highest BCUT2D eigenvalue weighted by Gasteiger charge is 2.40. The first-order chi connectivity index (χ1) is 14.2. The average Bonchev–Trinajstić information content (AvgIpc) is 3.26. The highest BCUT2D eigenvalue weighted by Crippen LogP contribution is 2.42. The number of carbonyl (C=O) groups is 1. The number of carboxylic acid groups (broad SMARTS) is 1. The molecule has 0 saturated carbocycles. The Kier molecular flexibility index (Phi) is 4.83. The minimum Gasteiger partial charge on any atom is -0.478 e. The number of carboxylic acids is 1. The molecule has 0 radical (unpaired) electrons. The summed E-state index contributed by atoms with van der Waals surface area (Å²) >= 11 is 0. The summed E-state index contributed by atoms with van der Waals surface area (Å²) in [5.41, 5.74) is 2.62. The summed E-state index contributed by atoms with van der Waals surface area (Å²) in [6, 6.07) is 30.1. The summed E-state index contributed by atoms with van der Waals surface area (Å²) in [4.78, 5) is 16.1. The Bertz CT molecular complexity index is 1040. The molecular formula is C25H20N2O2. The highest BCUT2D eigenvalue weighted by molar-refractivity contribution is 6.13. The Labute approximate surface area is 169 Å². The van der Waals surface area contributed by atoms with Crippen molar-refractivity contribution in [3.8, 4) is 0 Å². The molecule has 0 fully saturated rings. The van der Waals surface area contributed by atoms with Crippen molar-refractivity contribution in [2.45, 2.75) is 5.54 Å². The van der Waals surface area contributed by atoms with Crippen molar-refractivity contribution in [3.05, 3.63) is 132 Å². The summed E-state index contributed by atoms with van der Waals surface area (Å²) in [6.45, 7) is 3.79. The van der Waals surface area contributed by atoms with E-state index in [0.29, 0.717) is 5.69 Å². The van der Waals surface area contributed by atoms with Crippen LogP contribution in [0.2, 0.25) is 0 Å². The van der Waals surface area contributed by atoms with Crippen LogP contribution in [0, 0.1) is 0 Å². The number of aromatic nitrogens is 2. The second-order valence-electron chi connectivity index (χ2n) is 6.74. The zero-order valence-electron chi connectivity index (χ0n) is 15.8. The van der Waals surface area contributed by atoms with Crippen molar-refractivity contribution in [1.29, 1.82) is 0 Å². The molecule has 4 heteroatoms. The normalized spacial score (nSPS) is 11.2. The van der Waals surface area contributed by atoms with Crippen molar-refractivity contribution >= 4 is 11.5 Å². The molecule has 0 aliphatic rings. The van der Waals surface area contributed by atoms with Gasteiger partial charge in [0.15, 0.2) is 0 Å². The molecule has 0 amide bonds. The van der Waals surface area contributed by atoms with Crippen LogP contribution >= 0.6 is 0 Å². The molecule has 0 aliphatic heterocycles. The van der Waals surface area contributed by atoms with Crippen LogP contribution in [0.4, 0.5) is 0 Å². The maximum Gasteiger partial charge on any atom is 0.337 e. The topological polar surface area (TPSA) is 55.1 Å². The van der Waals surface area contributed by atoms with Gasteiger partial charge in [-0.25, -0.2) is 9.78 Å². The predicted molar refractivity (Wildman–Crippen MR) is 114 cm³/mol. The van der Waals surface area contributed by atoms with Crippen molar-refractivity contribution in [1.82, 2.24) is 9.55 Å². The van der Waals surface area contributed by atoms with Crippen molar-refractivity contribution < 1.29 is 9.90 Å². The Morgan fingerprint density at radius 2 is 1.21 bits per heavy atom. The third-order valence-electron chi connectivity index (χ3n) is 5.14. The third-order valence-corrected chi connectivity index (χ3v) is 5.14. The lowest BCUT2D eigenvalue weighted by molar-refractivity contribution is -0.130. The lowest BCUT2D eigenvalue weighted by Gasteiger charge is -2.38. The number of imidazole rings is 1. The van der Waals surface area contributed by atoms with Crippen LogP contribution < -0.4 is 0 Å². The first-order valence-corrected chi connectivity index (χ1v) is 9.27.